The van der Waals surface area contributed by atoms with Crippen molar-refractivity contribution in [3.63, 3.8) is 0 Å². The van der Waals surface area contributed by atoms with Gasteiger partial charge in [-0.3, -0.25) is 9.80 Å². The summed E-state index contributed by atoms with van der Waals surface area (Å²) in [6, 6.07) is 7.72. The topological polar surface area (TPSA) is 32.5 Å². The highest BCUT2D eigenvalue weighted by molar-refractivity contribution is 9.13. The summed E-state index contributed by atoms with van der Waals surface area (Å²) in [6.07, 6.45) is 3.62. The van der Waals surface area contributed by atoms with Crippen LogP contribution < -0.4 is 5.73 Å². The fraction of sp³-hybridized carbons (Fsp3) is 0.625. The molecule has 0 aromatic heterocycles. The number of hydrogen-bond donors (Lipinski definition) is 1. The third-order valence-electron chi connectivity index (χ3n) is 4.73. The lowest BCUT2D eigenvalue weighted by Crippen LogP contribution is -2.46. The Morgan fingerprint density at radius 2 is 1.81 bits per heavy atom. The highest BCUT2D eigenvalue weighted by Gasteiger charge is 2.29. The average molecular weight is 417 g/mol. The van der Waals surface area contributed by atoms with Crippen LogP contribution >= 0.6 is 31.9 Å². The Hall–Kier alpha value is 0.0600. The Balaban J connectivity index is 1.53. The molecule has 2 saturated heterocycles. The number of nitrogens with zero attached hydrogens (tertiary/aromatic N) is 2. The van der Waals surface area contributed by atoms with E-state index in [2.05, 4.69) is 59.9 Å². The summed E-state index contributed by atoms with van der Waals surface area (Å²) in [4.78, 5) is 5.23. The van der Waals surface area contributed by atoms with E-state index in [-0.39, 0.29) is 0 Å². The predicted octanol–water partition coefficient (Wildman–Crippen LogP) is 3.21. The van der Waals surface area contributed by atoms with E-state index >= 15 is 0 Å². The van der Waals surface area contributed by atoms with Crippen LogP contribution in [0.4, 0.5) is 0 Å². The van der Waals surface area contributed by atoms with Crippen LogP contribution in [0.5, 0.6) is 0 Å². The first-order valence-corrected chi connectivity index (χ1v) is 9.36. The molecule has 2 heterocycles. The van der Waals surface area contributed by atoms with Gasteiger partial charge in [0.2, 0.25) is 0 Å². The molecule has 21 heavy (non-hydrogen) atoms. The second-order valence-electron chi connectivity index (χ2n) is 6.30. The van der Waals surface area contributed by atoms with E-state index in [1.54, 1.807) is 0 Å². The Morgan fingerprint density at radius 3 is 2.52 bits per heavy atom. The number of piperidine rings is 1. The smallest absolute Gasteiger partial charge is 0.0320 e. The maximum absolute atomic E-state index is 6.01. The maximum Gasteiger partial charge on any atom is 0.0320 e. The highest BCUT2D eigenvalue weighted by atomic mass is 79.9. The average Bonchev–Trinajstić information content (AvgIpc) is 2.92. The third-order valence-corrected chi connectivity index (χ3v) is 6.61. The summed E-state index contributed by atoms with van der Waals surface area (Å²) in [6.45, 7) is 5.83. The molecule has 0 amide bonds. The Bertz CT molecular complexity index is 486. The molecular weight excluding hydrogens is 394 g/mol. The lowest BCUT2D eigenvalue weighted by atomic mass is 10.0. The van der Waals surface area contributed by atoms with Crippen molar-refractivity contribution in [3.8, 4) is 0 Å². The minimum absolute atomic E-state index is 0.430. The van der Waals surface area contributed by atoms with Crippen molar-refractivity contribution in [1.82, 2.24) is 9.80 Å². The second kappa shape index (κ2) is 7.09. The molecule has 1 unspecified atom stereocenters. The van der Waals surface area contributed by atoms with Crippen LogP contribution in [0, 0.1) is 0 Å². The maximum atomic E-state index is 6.01. The third kappa shape index (κ3) is 4.08. The zero-order valence-corrected chi connectivity index (χ0v) is 15.4. The SMILES string of the molecule is NC1CCN(C2CCN(Cc3ccc(Br)c(Br)c3)C2)CC1. The molecule has 5 heteroatoms. The quantitative estimate of drug-likeness (QED) is 0.820. The summed E-state index contributed by atoms with van der Waals surface area (Å²) in [5.74, 6) is 0. The van der Waals surface area contributed by atoms with Gasteiger partial charge in [0.1, 0.15) is 0 Å². The van der Waals surface area contributed by atoms with Crippen molar-refractivity contribution in [2.75, 3.05) is 26.2 Å². The minimum atomic E-state index is 0.430. The molecule has 2 fully saturated rings. The molecule has 116 valence electrons. The minimum Gasteiger partial charge on any atom is -0.328 e. The zero-order valence-electron chi connectivity index (χ0n) is 12.3. The number of hydrogen-bond acceptors (Lipinski definition) is 3. The normalized spacial score (nSPS) is 25.6. The Kier molecular flexibility index (Phi) is 5.38. The number of likely N-dealkylation sites (tertiary alicyclic amines) is 2. The summed E-state index contributed by atoms with van der Waals surface area (Å²) >= 11 is 7.12. The molecule has 3 rings (SSSR count). The Morgan fingerprint density at radius 1 is 1.05 bits per heavy atom. The molecule has 0 saturated carbocycles. The van der Waals surface area contributed by atoms with Gasteiger partial charge in [0.05, 0.1) is 0 Å². The number of halogens is 2. The van der Waals surface area contributed by atoms with Gasteiger partial charge < -0.3 is 5.73 Å². The zero-order chi connectivity index (χ0) is 14.8. The van der Waals surface area contributed by atoms with Crippen molar-refractivity contribution in [3.05, 3.63) is 32.7 Å². The van der Waals surface area contributed by atoms with Gasteiger partial charge in [0, 0.05) is 40.7 Å². The van der Waals surface area contributed by atoms with E-state index in [9.17, 15) is 0 Å². The van der Waals surface area contributed by atoms with Crippen LogP contribution in [0.3, 0.4) is 0 Å². The summed E-state index contributed by atoms with van der Waals surface area (Å²) in [7, 11) is 0. The van der Waals surface area contributed by atoms with Crippen molar-refractivity contribution in [2.24, 2.45) is 5.73 Å². The van der Waals surface area contributed by atoms with Crippen LogP contribution in [0.25, 0.3) is 0 Å². The van der Waals surface area contributed by atoms with Crippen LogP contribution in [-0.2, 0) is 6.54 Å². The largest absolute Gasteiger partial charge is 0.328 e. The first kappa shape index (κ1) is 15.9. The fourth-order valence-corrected chi connectivity index (χ4v) is 4.11. The van der Waals surface area contributed by atoms with Crippen molar-refractivity contribution >= 4 is 31.9 Å². The van der Waals surface area contributed by atoms with Gasteiger partial charge in [-0.15, -0.1) is 0 Å². The van der Waals surface area contributed by atoms with E-state index in [4.69, 9.17) is 5.73 Å². The van der Waals surface area contributed by atoms with E-state index in [0.717, 1.165) is 34.4 Å². The highest BCUT2D eigenvalue weighted by Crippen LogP contribution is 2.26. The Labute approximate surface area is 144 Å². The molecule has 2 N–H and O–H groups in total. The van der Waals surface area contributed by atoms with Crippen LogP contribution in [-0.4, -0.2) is 48.1 Å². The van der Waals surface area contributed by atoms with E-state index < -0.39 is 0 Å². The van der Waals surface area contributed by atoms with Crippen molar-refractivity contribution in [2.45, 2.75) is 37.9 Å². The van der Waals surface area contributed by atoms with Crippen LogP contribution in [0.15, 0.2) is 27.1 Å². The van der Waals surface area contributed by atoms with Gasteiger partial charge in [-0.2, -0.15) is 0 Å². The fourth-order valence-electron chi connectivity index (χ4n) is 3.43. The molecule has 1 aromatic rings. The van der Waals surface area contributed by atoms with Crippen molar-refractivity contribution < 1.29 is 0 Å². The first-order valence-electron chi connectivity index (χ1n) is 7.78. The lowest BCUT2D eigenvalue weighted by Gasteiger charge is -2.34. The monoisotopic (exact) mass is 415 g/mol. The van der Waals surface area contributed by atoms with Gasteiger partial charge in [-0.05, 0) is 81.9 Å². The predicted molar refractivity (Wildman–Crippen MR) is 94.3 cm³/mol. The van der Waals surface area contributed by atoms with E-state index in [1.807, 2.05) is 0 Å². The van der Waals surface area contributed by atoms with Gasteiger partial charge >= 0.3 is 0 Å². The molecule has 3 nitrogen and oxygen atoms in total. The van der Waals surface area contributed by atoms with E-state index in [0.29, 0.717) is 6.04 Å². The standard InChI is InChI=1S/C16H23Br2N3/c17-15-2-1-12(9-16(15)18)10-20-6-5-14(11-20)21-7-3-13(19)4-8-21/h1-2,9,13-14H,3-8,10-11,19H2. The summed E-state index contributed by atoms with van der Waals surface area (Å²) in [5.41, 5.74) is 7.39. The van der Waals surface area contributed by atoms with Crippen LogP contribution in [0.1, 0.15) is 24.8 Å². The molecule has 1 atom stereocenters. The van der Waals surface area contributed by atoms with E-state index in [1.165, 1.54) is 38.2 Å². The second-order valence-corrected chi connectivity index (χ2v) is 8.01. The van der Waals surface area contributed by atoms with Crippen LogP contribution in [0.2, 0.25) is 0 Å². The molecule has 2 aliphatic heterocycles. The molecular formula is C16H23Br2N3. The first-order chi connectivity index (χ1) is 10.1. The summed E-state index contributed by atoms with van der Waals surface area (Å²) < 4.78 is 2.26. The molecule has 0 spiro atoms. The molecule has 1 aromatic carbocycles. The molecule has 0 aliphatic carbocycles. The number of nitrogens with two attached hydrogens (primary N) is 1. The molecule has 0 bridgehead atoms. The molecule has 0 radical (unpaired) electrons. The number of rotatable bonds is 3. The molecule has 2 aliphatic rings. The van der Waals surface area contributed by atoms with Gasteiger partial charge in [-0.1, -0.05) is 6.07 Å². The lowest BCUT2D eigenvalue weighted by molar-refractivity contribution is 0.151. The van der Waals surface area contributed by atoms with Crippen molar-refractivity contribution in [1.29, 1.82) is 0 Å². The summed E-state index contributed by atoms with van der Waals surface area (Å²) in [5, 5.41) is 0. The number of benzene rings is 1. The van der Waals surface area contributed by atoms with Gasteiger partial charge in [-0.25, -0.2) is 0 Å². The van der Waals surface area contributed by atoms with Gasteiger partial charge in [0.15, 0.2) is 0 Å². The van der Waals surface area contributed by atoms with Gasteiger partial charge in [0.25, 0.3) is 0 Å².